The molecule has 5 heteroatoms. The first kappa shape index (κ1) is 18.8. The highest BCUT2D eigenvalue weighted by atomic mass is 16.1. The van der Waals surface area contributed by atoms with Gasteiger partial charge in [0.05, 0.1) is 6.04 Å². The van der Waals surface area contributed by atoms with Gasteiger partial charge in [0, 0.05) is 11.3 Å². The van der Waals surface area contributed by atoms with Gasteiger partial charge in [0.1, 0.15) is 12.7 Å². The van der Waals surface area contributed by atoms with E-state index in [1.807, 2.05) is 24.3 Å². The second-order valence-electron chi connectivity index (χ2n) is 7.10. The van der Waals surface area contributed by atoms with Gasteiger partial charge in [-0.25, -0.2) is 0 Å². The Morgan fingerprint density at radius 1 is 1.00 bits per heavy atom. The average molecular weight is 362 g/mol. The quantitative estimate of drug-likeness (QED) is 0.680. The largest absolute Gasteiger partial charge is 0.345 e. The molecule has 1 atom stereocenters. The topological polar surface area (TPSA) is 59.8 Å². The molecule has 27 heavy (non-hydrogen) atoms. The fourth-order valence-corrected chi connectivity index (χ4v) is 3.16. The van der Waals surface area contributed by atoms with E-state index in [9.17, 15) is 4.79 Å². The minimum Gasteiger partial charge on any atom is -0.345 e. The second-order valence-corrected chi connectivity index (χ2v) is 7.10. The molecule has 3 aromatic rings. The molecule has 0 saturated carbocycles. The van der Waals surface area contributed by atoms with Crippen LogP contribution in [-0.4, -0.2) is 20.7 Å². The van der Waals surface area contributed by atoms with Crippen LogP contribution in [0.4, 0.5) is 0 Å². The van der Waals surface area contributed by atoms with E-state index in [-0.39, 0.29) is 11.9 Å². The minimum atomic E-state index is -0.0679. The zero-order chi connectivity index (χ0) is 19.2. The van der Waals surface area contributed by atoms with Gasteiger partial charge in [-0.2, -0.15) is 0 Å². The summed E-state index contributed by atoms with van der Waals surface area (Å²) < 4.78 is 1.80. The number of benzene rings is 2. The van der Waals surface area contributed by atoms with E-state index in [1.54, 1.807) is 17.2 Å². The standard InChI is InChI=1S/C22H26N4O/c1-4-5-17-6-8-18(9-7-17)21(16(2)3)25-22(27)19-10-12-20(13-11-19)26-14-23-24-15-26/h6-16,21H,4-5H2,1-3H3,(H,25,27)/t21-/m1/s1. The number of carbonyl (C=O) groups is 1. The molecule has 0 radical (unpaired) electrons. The van der Waals surface area contributed by atoms with Gasteiger partial charge in [-0.15, -0.1) is 10.2 Å². The number of hydrogen-bond donors (Lipinski definition) is 1. The molecule has 1 aromatic heterocycles. The maximum atomic E-state index is 12.8. The molecular weight excluding hydrogens is 336 g/mol. The van der Waals surface area contributed by atoms with Crippen molar-refractivity contribution in [3.05, 3.63) is 77.9 Å². The van der Waals surface area contributed by atoms with Gasteiger partial charge in [-0.05, 0) is 47.7 Å². The number of carbonyl (C=O) groups excluding carboxylic acids is 1. The Balaban J connectivity index is 1.73. The molecule has 140 valence electrons. The number of hydrogen-bond acceptors (Lipinski definition) is 3. The van der Waals surface area contributed by atoms with Crippen molar-refractivity contribution in [3.8, 4) is 5.69 Å². The molecule has 1 amide bonds. The molecule has 0 aliphatic heterocycles. The predicted octanol–water partition coefficient (Wildman–Crippen LogP) is 4.35. The van der Waals surface area contributed by atoms with Crippen molar-refractivity contribution in [2.24, 2.45) is 5.92 Å². The van der Waals surface area contributed by atoms with E-state index in [4.69, 9.17) is 0 Å². The number of nitrogens with zero attached hydrogens (tertiary/aromatic N) is 3. The summed E-state index contributed by atoms with van der Waals surface area (Å²) in [5.41, 5.74) is 4.03. The Morgan fingerprint density at radius 2 is 1.63 bits per heavy atom. The van der Waals surface area contributed by atoms with Crippen LogP contribution in [0.1, 0.15) is 54.7 Å². The Kier molecular flexibility index (Phi) is 6.01. The van der Waals surface area contributed by atoms with E-state index in [1.165, 1.54) is 5.56 Å². The Morgan fingerprint density at radius 3 is 2.19 bits per heavy atom. The van der Waals surface area contributed by atoms with Gasteiger partial charge < -0.3 is 5.32 Å². The number of aryl methyl sites for hydroxylation is 1. The summed E-state index contributed by atoms with van der Waals surface area (Å²) in [5, 5.41) is 10.8. The lowest BCUT2D eigenvalue weighted by atomic mass is 9.94. The van der Waals surface area contributed by atoms with Crippen molar-refractivity contribution in [2.45, 2.75) is 39.7 Å². The lowest BCUT2D eigenvalue weighted by molar-refractivity contribution is 0.0925. The van der Waals surface area contributed by atoms with Crippen LogP contribution in [0.25, 0.3) is 5.69 Å². The zero-order valence-corrected chi connectivity index (χ0v) is 16.1. The number of aromatic nitrogens is 3. The molecule has 0 aliphatic rings. The van der Waals surface area contributed by atoms with Crippen molar-refractivity contribution >= 4 is 5.91 Å². The average Bonchev–Trinajstić information content (AvgIpc) is 3.22. The highest BCUT2D eigenvalue weighted by Gasteiger charge is 2.19. The molecular formula is C22H26N4O. The predicted molar refractivity (Wildman–Crippen MR) is 107 cm³/mol. The van der Waals surface area contributed by atoms with Gasteiger partial charge in [0.2, 0.25) is 0 Å². The maximum absolute atomic E-state index is 12.8. The van der Waals surface area contributed by atoms with Gasteiger partial charge in [0.15, 0.2) is 0 Å². The number of rotatable bonds is 7. The third-order valence-electron chi connectivity index (χ3n) is 4.68. The summed E-state index contributed by atoms with van der Waals surface area (Å²) in [4.78, 5) is 12.8. The Hall–Kier alpha value is -2.95. The summed E-state index contributed by atoms with van der Waals surface area (Å²) in [7, 11) is 0. The first-order valence-corrected chi connectivity index (χ1v) is 9.43. The molecule has 0 spiro atoms. The summed E-state index contributed by atoms with van der Waals surface area (Å²) in [6.45, 7) is 6.43. The fourth-order valence-electron chi connectivity index (χ4n) is 3.16. The van der Waals surface area contributed by atoms with Gasteiger partial charge >= 0.3 is 0 Å². The first-order valence-electron chi connectivity index (χ1n) is 9.43. The van der Waals surface area contributed by atoms with Gasteiger partial charge in [0.25, 0.3) is 5.91 Å². The smallest absolute Gasteiger partial charge is 0.251 e. The van der Waals surface area contributed by atoms with Crippen molar-refractivity contribution in [1.29, 1.82) is 0 Å². The third-order valence-corrected chi connectivity index (χ3v) is 4.68. The van der Waals surface area contributed by atoms with Crippen molar-refractivity contribution in [2.75, 3.05) is 0 Å². The number of nitrogens with one attached hydrogen (secondary N) is 1. The molecule has 0 unspecified atom stereocenters. The normalized spacial score (nSPS) is 12.1. The van der Waals surface area contributed by atoms with E-state index >= 15 is 0 Å². The molecule has 0 aliphatic carbocycles. The van der Waals surface area contributed by atoms with Crippen LogP contribution in [0.15, 0.2) is 61.2 Å². The minimum absolute atomic E-state index is 0.0225. The SMILES string of the molecule is CCCc1ccc([C@H](NC(=O)c2ccc(-n3cnnc3)cc2)C(C)C)cc1. The molecule has 0 bridgehead atoms. The summed E-state index contributed by atoms with van der Waals surface area (Å²) in [5.74, 6) is 0.226. The molecule has 1 heterocycles. The molecule has 1 N–H and O–H groups in total. The van der Waals surface area contributed by atoms with Crippen LogP contribution < -0.4 is 5.32 Å². The van der Waals surface area contributed by atoms with Crippen LogP contribution >= 0.6 is 0 Å². The summed E-state index contributed by atoms with van der Waals surface area (Å²) in [6.07, 6.45) is 5.48. The lowest BCUT2D eigenvalue weighted by Crippen LogP contribution is -2.31. The molecule has 5 nitrogen and oxygen atoms in total. The summed E-state index contributed by atoms with van der Waals surface area (Å²) in [6, 6.07) is 16.0. The lowest BCUT2D eigenvalue weighted by Gasteiger charge is -2.23. The summed E-state index contributed by atoms with van der Waals surface area (Å²) >= 11 is 0. The van der Waals surface area contributed by atoms with Crippen molar-refractivity contribution < 1.29 is 4.79 Å². The maximum Gasteiger partial charge on any atom is 0.251 e. The molecule has 0 fully saturated rings. The Bertz CT molecular complexity index is 852. The third kappa shape index (κ3) is 4.61. The number of amides is 1. The first-order chi connectivity index (χ1) is 13.1. The zero-order valence-electron chi connectivity index (χ0n) is 16.1. The van der Waals surface area contributed by atoms with Gasteiger partial charge in [-0.3, -0.25) is 9.36 Å². The van der Waals surface area contributed by atoms with E-state index < -0.39 is 0 Å². The highest BCUT2D eigenvalue weighted by molar-refractivity contribution is 5.94. The van der Waals surface area contributed by atoms with Crippen LogP contribution in [0.2, 0.25) is 0 Å². The van der Waals surface area contributed by atoms with Crippen molar-refractivity contribution in [3.63, 3.8) is 0 Å². The van der Waals surface area contributed by atoms with Gasteiger partial charge in [-0.1, -0.05) is 51.5 Å². The molecule has 0 saturated heterocycles. The van der Waals surface area contributed by atoms with E-state index in [0.29, 0.717) is 11.5 Å². The molecule has 2 aromatic carbocycles. The van der Waals surface area contributed by atoms with E-state index in [2.05, 4.69) is 60.6 Å². The van der Waals surface area contributed by atoms with Crippen LogP contribution in [0.5, 0.6) is 0 Å². The monoisotopic (exact) mass is 362 g/mol. The highest BCUT2D eigenvalue weighted by Crippen LogP contribution is 2.23. The fraction of sp³-hybridized carbons (Fsp3) is 0.318. The van der Waals surface area contributed by atoms with Crippen molar-refractivity contribution in [1.82, 2.24) is 20.1 Å². The van der Waals surface area contributed by atoms with E-state index in [0.717, 1.165) is 24.1 Å². The molecule has 3 rings (SSSR count). The van der Waals surface area contributed by atoms with Crippen LogP contribution in [0, 0.1) is 5.92 Å². The Labute approximate surface area is 160 Å². The van der Waals surface area contributed by atoms with Crippen LogP contribution in [-0.2, 0) is 6.42 Å². The second kappa shape index (κ2) is 8.62. The van der Waals surface area contributed by atoms with Crippen LogP contribution in [0.3, 0.4) is 0 Å².